The largest absolute Gasteiger partial charge is 0.375 e. The number of amides is 1. The number of aryl methyl sites for hydroxylation is 1. The molecule has 2 rings (SSSR count). The fourth-order valence-electron chi connectivity index (χ4n) is 1.78. The van der Waals surface area contributed by atoms with Gasteiger partial charge in [-0.3, -0.25) is 10.1 Å². The highest BCUT2D eigenvalue weighted by Crippen LogP contribution is 2.15. The van der Waals surface area contributed by atoms with Crippen molar-refractivity contribution in [2.45, 2.75) is 18.2 Å². The van der Waals surface area contributed by atoms with E-state index in [1.165, 1.54) is 18.4 Å². The third-order valence-electron chi connectivity index (χ3n) is 2.95. The molecule has 10 heteroatoms. The monoisotopic (exact) mass is 370 g/mol. The molecule has 2 aromatic rings. The SMILES string of the molecule is COCC(=O)Nc1nnc(CCNS(=O)(=O)c2ccc(C)cc2)s1. The highest BCUT2D eigenvalue weighted by Gasteiger charge is 2.14. The van der Waals surface area contributed by atoms with Gasteiger partial charge in [0.2, 0.25) is 15.2 Å². The lowest BCUT2D eigenvalue weighted by Gasteiger charge is -2.05. The first-order valence-electron chi connectivity index (χ1n) is 7.08. The Balaban J connectivity index is 1.86. The van der Waals surface area contributed by atoms with Crippen molar-refractivity contribution in [2.24, 2.45) is 0 Å². The number of hydrogen-bond donors (Lipinski definition) is 2. The van der Waals surface area contributed by atoms with Crippen LogP contribution >= 0.6 is 11.3 Å². The Morgan fingerprint density at radius 3 is 2.62 bits per heavy atom. The van der Waals surface area contributed by atoms with Gasteiger partial charge in [0.05, 0.1) is 4.90 Å². The van der Waals surface area contributed by atoms with E-state index in [2.05, 4.69) is 20.2 Å². The van der Waals surface area contributed by atoms with Crippen LogP contribution in [0.1, 0.15) is 10.6 Å². The molecule has 0 aliphatic heterocycles. The molecule has 0 fully saturated rings. The smallest absolute Gasteiger partial charge is 0.252 e. The number of aromatic nitrogens is 2. The highest BCUT2D eigenvalue weighted by atomic mass is 32.2. The maximum Gasteiger partial charge on any atom is 0.252 e. The highest BCUT2D eigenvalue weighted by molar-refractivity contribution is 7.89. The first kappa shape index (κ1) is 18.5. The Labute approximate surface area is 144 Å². The van der Waals surface area contributed by atoms with E-state index in [9.17, 15) is 13.2 Å². The predicted molar refractivity (Wildman–Crippen MR) is 90.5 cm³/mol. The van der Waals surface area contributed by atoms with Gasteiger partial charge in [-0.25, -0.2) is 13.1 Å². The molecule has 0 saturated carbocycles. The summed E-state index contributed by atoms with van der Waals surface area (Å²) in [5.41, 5.74) is 0.992. The molecule has 1 aromatic heterocycles. The average molecular weight is 370 g/mol. The number of benzene rings is 1. The third-order valence-corrected chi connectivity index (χ3v) is 5.33. The van der Waals surface area contributed by atoms with Gasteiger partial charge in [0.1, 0.15) is 11.6 Å². The topological polar surface area (TPSA) is 110 Å². The summed E-state index contributed by atoms with van der Waals surface area (Å²) in [6.07, 6.45) is 0.378. The molecule has 0 unspecified atom stereocenters. The lowest BCUT2D eigenvalue weighted by molar-refractivity contribution is -0.119. The number of carbonyl (C=O) groups is 1. The van der Waals surface area contributed by atoms with Crippen LogP contribution in [0.3, 0.4) is 0 Å². The van der Waals surface area contributed by atoms with Crippen LogP contribution in [0.2, 0.25) is 0 Å². The normalized spacial score (nSPS) is 11.4. The lowest BCUT2D eigenvalue weighted by Crippen LogP contribution is -2.25. The molecule has 130 valence electrons. The summed E-state index contributed by atoms with van der Waals surface area (Å²) >= 11 is 1.19. The molecular formula is C14H18N4O4S2. The molecule has 0 aliphatic rings. The van der Waals surface area contributed by atoms with Gasteiger partial charge in [-0.2, -0.15) is 0 Å². The molecule has 1 aromatic carbocycles. The van der Waals surface area contributed by atoms with Gasteiger partial charge in [-0.1, -0.05) is 29.0 Å². The van der Waals surface area contributed by atoms with Crippen molar-refractivity contribution < 1.29 is 17.9 Å². The summed E-state index contributed by atoms with van der Waals surface area (Å²) in [6, 6.07) is 6.61. The molecule has 1 heterocycles. The van der Waals surface area contributed by atoms with E-state index in [0.29, 0.717) is 16.6 Å². The fraction of sp³-hybridized carbons (Fsp3) is 0.357. The van der Waals surface area contributed by atoms with Crippen LogP contribution in [-0.2, 0) is 26.0 Å². The van der Waals surface area contributed by atoms with Crippen molar-refractivity contribution in [3.8, 4) is 0 Å². The van der Waals surface area contributed by atoms with Crippen LogP contribution in [0.5, 0.6) is 0 Å². The second-order valence-electron chi connectivity index (χ2n) is 4.94. The fourth-order valence-corrected chi connectivity index (χ4v) is 3.57. The second kappa shape index (κ2) is 8.29. The maximum absolute atomic E-state index is 12.1. The molecule has 0 bridgehead atoms. The van der Waals surface area contributed by atoms with Crippen LogP contribution < -0.4 is 10.0 Å². The van der Waals surface area contributed by atoms with Gasteiger partial charge in [0.25, 0.3) is 5.91 Å². The summed E-state index contributed by atoms with van der Waals surface area (Å²) in [4.78, 5) is 11.6. The molecule has 8 nitrogen and oxygen atoms in total. The van der Waals surface area contributed by atoms with Crippen LogP contribution in [-0.4, -0.2) is 44.8 Å². The van der Waals surface area contributed by atoms with Crippen LogP contribution in [0.4, 0.5) is 5.13 Å². The molecule has 24 heavy (non-hydrogen) atoms. The summed E-state index contributed by atoms with van der Waals surface area (Å²) in [7, 11) is -2.12. The van der Waals surface area contributed by atoms with Gasteiger partial charge >= 0.3 is 0 Å². The molecule has 0 radical (unpaired) electrons. The van der Waals surface area contributed by atoms with Gasteiger partial charge in [-0.05, 0) is 19.1 Å². The number of rotatable bonds is 8. The Kier molecular flexibility index (Phi) is 6.37. The van der Waals surface area contributed by atoms with E-state index < -0.39 is 10.0 Å². The molecule has 2 N–H and O–H groups in total. The van der Waals surface area contributed by atoms with E-state index in [1.807, 2.05) is 6.92 Å². The number of methoxy groups -OCH3 is 1. The van der Waals surface area contributed by atoms with Gasteiger partial charge in [0.15, 0.2) is 0 Å². The third kappa shape index (κ3) is 5.34. The van der Waals surface area contributed by atoms with Crippen molar-refractivity contribution in [1.82, 2.24) is 14.9 Å². The van der Waals surface area contributed by atoms with Crippen molar-refractivity contribution in [3.05, 3.63) is 34.8 Å². The molecular weight excluding hydrogens is 352 g/mol. The van der Waals surface area contributed by atoms with Crippen molar-refractivity contribution in [2.75, 3.05) is 25.6 Å². The summed E-state index contributed by atoms with van der Waals surface area (Å²) in [5.74, 6) is -0.319. The Morgan fingerprint density at radius 1 is 1.25 bits per heavy atom. The molecule has 0 spiro atoms. The standard InChI is InChI=1S/C14H18N4O4S2/c1-10-3-5-11(6-4-10)24(20,21)15-8-7-13-17-18-14(23-13)16-12(19)9-22-2/h3-6,15H,7-9H2,1-2H3,(H,16,18,19). The Morgan fingerprint density at radius 2 is 1.96 bits per heavy atom. The van der Waals surface area contributed by atoms with Crippen LogP contribution in [0.15, 0.2) is 29.2 Å². The number of anilines is 1. The summed E-state index contributed by atoms with van der Waals surface area (Å²) in [6.45, 7) is 2.02. The van der Waals surface area contributed by atoms with Crippen LogP contribution in [0.25, 0.3) is 0 Å². The average Bonchev–Trinajstić information content (AvgIpc) is 2.95. The number of sulfonamides is 1. The number of hydrogen-bond acceptors (Lipinski definition) is 7. The van der Waals surface area contributed by atoms with Crippen molar-refractivity contribution in [1.29, 1.82) is 0 Å². The predicted octanol–water partition coefficient (Wildman–Crippen LogP) is 0.952. The Hall–Kier alpha value is -1.88. The zero-order valence-corrected chi connectivity index (χ0v) is 14.9. The molecule has 0 aliphatic carbocycles. The second-order valence-corrected chi connectivity index (χ2v) is 7.77. The molecule has 1 amide bonds. The molecule has 0 saturated heterocycles. The Bertz CT molecular complexity index is 787. The quantitative estimate of drug-likeness (QED) is 0.716. The minimum atomic E-state index is -3.55. The van der Waals surface area contributed by atoms with E-state index in [1.54, 1.807) is 24.3 Å². The van der Waals surface area contributed by atoms with E-state index in [-0.39, 0.29) is 24.0 Å². The maximum atomic E-state index is 12.1. The first-order valence-corrected chi connectivity index (χ1v) is 9.38. The van der Waals surface area contributed by atoms with E-state index in [0.717, 1.165) is 5.56 Å². The number of nitrogens with one attached hydrogen (secondary N) is 2. The number of nitrogens with zero attached hydrogens (tertiary/aromatic N) is 2. The van der Waals surface area contributed by atoms with Crippen molar-refractivity contribution in [3.63, 3.8) is 0 Å². The van der Waals surface area contributed by atoms with E-state index >= 15 is 0 Å². The molecule has 0 atom stereocenters. The minimum Gasteiger partial charge on any atom is -0.375 e. The van der Waals surface area contributed by atoms with Crippen molar-refractivity contribution >= 4 is 32.4 Å². The minimum absolute atomic E-state index is 0.0642. The zero-order chi connectivity index (χ0) is 17.6. The summed E-state index contributed by atoms with van der Waals surface area (Å²) < 4.78 is 31.5. The zero-order valence-electron chi connectivity index (χ0n) is 13.3. The van der Waals surface area contributed by atoms with Gasteiger partial charge in [0, 0.05) is 20.1 Å². The van der Waals surface area contributed by atoms with Gasteiger partial charge < -0.3 is 4.74 Å². The number of carbonyl (C=O) groups excluding carboxylic acids is 1. The number of ether oxygens (including phenoxy) is 1. The lowest BCUT2D eigenvalue weighted by atomic mass is 10.2. The van der Waals surface area contributed by atoms with E-state index in [4.69, 9.17) is 4.74 Å². The first-order chi connectivity index (χ1) is 11.4. The van der Waals surface area contributed by atoms with Gasteiger partial charge in [-0.15, -0.1) is 10.2 Å². The summed E-state index contributed by atoms with van der Waals surface area (Å²) in [5, 5.41) is 11.3. The van der Waals surface area contributed by atoms with Crippen LogP contribution in [0, 0.1) is 6.92 Å².